The van der Waals surface area contributed by atoms with Crippen molar-refractivity contribution in [1.29, 1.82) is 0 Å². The first kappa shape index (κ1) is 83.2. The summed E-state index contributed by atoms with van der Waals surface area (Å²) in [6.45, 7) is 40.2. The van der Waals surface area contributed by atoms with Crippen molar-refractivity contribution in [2.75, 3.05) is 120 Å². The van der Waals surface area contributed by atoms with Gasteiger partial charge in [-0.05, 0) is 120 Å². The van der Waals surface area contributed by atoms with Crippen molar-refractivity contribution >= 4 is 47.5 Å². The van der Waals surface area contributed by atoms with Crippen LogP contribution in [-0.4, -0.2) is 120 Å². The zero-order valence-electron chi connectivity index (χ0n) is 23.5. The molecule has 0 unspecified atom stereocenters. The van der Waals surface area contributed by atoms with Gasteiger partial charge in [0, 0.05) is 67.1 Å². The zero-order chi connectivity index (χ0) is 21.5. The van der Waals surface area contributed by atoms with Gasteiger partial charge in [-0.2, -0.15) is 0 Å². The van der Waals surface area contributed by atoms with Gasteiger partial charge in [0.15, 0.2) is 0 Å². The molecule has 0 aliphatic rings. The average Bonchev–Trinajstić information content (AvgIpc) is 2.08. The Bertz CT molecular complexity index is 117. The van der Waals surface area contributed by atoms with Crippen LogP contribution in [0.4, 0.5) is 0 Å². The Morgan fingerprint density at radius 1 is 0.226 bits per heavy atom. The summed E-state index contributed by atoms with van der Waals surface area (Å²) in [6.07, 6.45) is 0. The predicted molar refractivity (Wildman–Crippen MR) is 155 cm³/mol. The summed E-state index contributed by atoms with van der Waals surface area (Å²) in [5.41, 5.74) is 0. The molecule has 0 amide bonds. The first-order valence-corrected chi connectivity index (χ1v) is 24.1. The van der Waals surface area contributed by atoms with E-state index in [9.17, 15) is 0 Å². The van der Waals surface area contributed by atoms with Crippen molar-refractivity contribution in [2.45, 2.75) is 0 Å². The average molecular weight is 1650 g/mol. The first-order chi connectivity index (χ1) is 10.4. The number of hydrogen-bond acceptors (Lipinski definition) is 0. The smallest absolute Gasteiger partial charge is 0.358 e. The van der Waals surface area contributed by atoms with Crippen molar-refractivity contribution < 1.29 is 134 Å². The molecule has 0 saturated heterocycles. The fraction of sp³-hybridized carbons (Fsp3) is 0.947. The van der Waals surface area contributed by atoms with Gasteiger partial charge in [-0.15, -0.1) is 47.5 Å². The van der Waals surface area contributed by atoms with Crippen LogP contribution in [0.3, 0.4) is 0 Å². The van der Waals surface area contributed by atoms with Crippen molar-refractivity contribution in [2.24, 2.45) is 0 Å². The van der Waals surface area contributed by atoms with Gasteiger partial charge in [0.05, 0.1) is 0 Å². The van der Waals surface area contributed by atoms with Crippen LogP contribution in [0.1, 0.15) is 0 Å². The van der Waals surface area contributed by atoms with Crippen LogP contribution in [0.25, 0.3) is 0 Å². The fourth-order valence-electron chi connectivity index (χ4n) is 0. The minimum absolute atomic E-state index is 0. The van der Waals surface area contributed by atoms with E-state index in [2.05, 4.69) is 120 Å². The molecule has 0 aromatic carbocycles. The van der Waals surface area contributed by atoms with Crippen molar-refractivity contribution in [3.8, 4) is 0 Å². The molecule has 3 radical (unpaired) electrons. The molecule has 0 bridgehead atoms. The van der Waals surface area contributed by atoms with Crippen molar-refractivity contribution in [3.05, 3.63) is 7.43 Å². The van der Waals surface area contributed by atoms with Crippen molar-refractivity contribution in [1.82, 2.24) is 0 Å². The summed E-state index contributed by atoms with van der Waals surface area (Å²) in [5.74, 6) is 0. The minimum atomic E-state index is 0. The van der Waals surface area contributed by atoms with E-state index in [0.29, 0.717) is 47.5 Å². The maximum absolute atomic E-state index is 2.23. The van der Waals surface area contributed by atoms with Crippen LogP contribution in [-0.2, 0) is 134 Å². The monoisotopic (exact) mass is 1650 g/mol. The Morgan fingerprint density at radius 3 is 0.226 bits per heavy atom. The van der Waals surface area contributed by atoms with Gasteiger partial charge < -0.3 is 7.43 Å². The van der Waals surface area contributed by atoms with E-state index >= 15 is 0 Å². The first-order valence-electron chi connectivity index (χ1n) is 8.05. The van der Waals surface area contributed by atoms with E-state index in [-0.39, 0.29) is 142 Å². The molecule has 0 nitrogen and oxygen atoms in total. The number of rotatable bonds is 0. The van der Waals surface area contributed by atoms with Crippen molar-refractivity contribution in [3.63, 3.8) is 0 Å². The van der Waals surface area contributed by atoms with Crippen LogP contribution in [0.15, 0.2) is 0 Å². The maximum atomic E-state index is 2.23. The molecule has 31 heavy (non-hydrogen) atoms. The summed E-state index contributed by atoms with van der Waals surface area (Å²) in [6, 6.07) is 0. The molecule has 0 spiro atoms. The van der Waals surface area contributed by atoms with Gasteiger partial charge in [0.2, 0.25) is 0 Å². The Kier molecular flexibility index (Phi) is 206. The third-order valence-electron chi connectivity index (χ3n) is 0. The van der Waals surface area contributed by atoms with Crippen LogP contribution < -0.4 is 0 Å². The summed E-state index contributed by atoms with van der Waals surface area (Å²) in [7, 11) is 2.28. The molecule has 12 heteroatoms. The molecular weight excluding hydrogens is 1600 g/mol. The molecule has 0 N–H and O–H groups in total. The van der Waals surface area contributed by atoms with E-state index < -0.39 is 0 Å². The maximum Gasteiger partial charge on any atom is 1.00 e. The molecule has 0 aromatic heterocycles. The van der Waals surface area contributed by atoms with E-state index in [1.807, 2.05) is 0 Å². The van der Waals surface area contributed by atoms with E-state index in [0.717, 1.165) is 0 Å². The summed E-state index contributed by atoms with van der Waals surface area (Å²) in [5, 5.41) is 0. The third kappa shape index (κ3) is 921. The van der Waals surface area contributed by atoms with Crippen LogP contribution in [0.2, 0.25) is 0 Å². The standard InChI is InChI=1S/6C3H9P.CH3.6Au/c6*1-4(2)3;;;;;;;/h6*1-3H3;1H3;;;;;;/q;;;;;;-1;;;;3*+1. The second-order valence-electron chi connectivity index (χ2n) is 8.05. The molecule has 0 aliphatic carbocycles. The van der Waals surface area contributed by atoms with Crippen LogP contribution >= 0.6 is 47.5 Å². The van der Waals surface area contributed by atoms with E-state index in [1.165, 1.54) is 0 Å². The topological polar surface area (TPSA) is 0 Å². The molecule has 0 fully saturated rings. The van der Waals surface area contributed by atoms with E-state index in [1.54, 1.807) is 0 Å². The van der Waals surface area contributed by atoms with Gasteiger partial charge in [-0.25, -0.2) is 0 Å². The molecule has 0 atom stereocenters. The minimum Gasteiger partial charge on any atom is -0.358 e. The molecule has 0 heterocycles. The predicted octanol–water partition coefficient (Wildman–Crippen LogP) is 8.58. The second kappa shape index (κ2) is 76.7. The third-order valence-corrected chi connectivity index (χ3v) is 0. The summed E-state index contributed by atoms with van der Waals surface area (Å²) < 4.78 is 0. The second-order valence-corrected chi connectivity index (χ2v) is 24.1. The summed E-state index contributed by atoms with van der Waals surface area (Å²) >= 11 is 0. The zero-order valence-corrected chi connectivity index (χ0v) is 41.9. The normalized spacial score (nSPS) is 6.97. The molecule has 227 valence electrons. The van der Waals surface area contributed by atoms with Crippen LogP contribution in [0.5, 0.6) is 0 Å². The van der Waals surface area contributed by atoms with Gasteiger partial charge in [-0.1, -0.05) is 0 Å². The Balaban J connectivity index is -0.0000000109. The van der Waals surface area contributed by atoms with E-state index in [4.69, 9.17) is 0 Å². The molecule has 0 aromatic rings. The molecule has 0 aliphatic heterocycles. The van der Waals surface area contributed by atoms with Gasteiger partial charge >= 0.3 is 67.1 Å². The molecule has 0 rings (SSSR count). The fourth-order valence-corrected chi connectivity index (χ4v) is 0. The largest absolute Gasteiger partial charge is 1.00 e. The van der Waals surface area contributed by atoms with Gasteiger partial charge in [0.25, 0.3) is 0 Å². The Hall–Kier alpha value is 7.02. The van der Waals surface area contributed by atoms with Gasteiger partial charge in [-0.3, -0.25) is 0 Å². The van der Waals surface area contributed by atoms with Gasteiger partial charge in [0.1, 0.15) is 0 Å². The Labute approximate surface area is 304 Å². The summed E-state index contributed by atoms with van der Waals surface area (Å²) in [4.78, 5) is 0. The quantitative estimate of drug-likeness (QED) is 0.130. The molecular formula is C19H57Au6P6+2. The molecule has 0 saturated carbocycles. The number of hydrogen-bond donors (Lipinski definition) is 0. The van der Waals surface area contributed by atoms with Crippen LogP contribution in [0, 0.1) is 7.43 Å². The Morgan fingerprint density at radius 2 is 0.226 bits per heavy atom. The SMILES string of the molecule is CP(C)C.CP(C)C.CP(C)C.CP(C)C.CP(C)C.CP(C)C.[Au+].[Au+].[Au+].[Au].[Au].[Au].[CH3-].